The Morgan fingerprint density at radius 2 is 1.76 bits per heavy atom. The Morgan fingerprint density at radius 3 is 2.24 bits per heavy atom. The second-order valence-electron chi connectivity index (χ2n) is 4.26. The maximum absolute atomic E-state index is 12.0. The zero-order valence-corrected chi connectivity index (χ0v) is 11.8. The van der Waals surface area contributed by atoms with Crippen LogP contribution in [0.25, 0.3) is 0 Å². The van der Waals surface area contributed by atoms with Crippen molar-refractivity contribution in [3.8, 4) is 5.75 Å². The highest BCUT2D eigenvalue weighted by Crippen LogP contribution is 2.16. The molecule has 1 aromatic carbocycles. The summed E-state index contributed by atoms with van der Waals surface area (Å²) in [4.78, 5) is 0.868. The van der Waals surface area contributed by atoms with E-state index in [2.05, 4.69) is 20.8 Å². The molecule has 0 fully saturated rings. The molecule has 17 heavy (non-hydrogen) atoms. The van der Waals surface area contributed by atoms with Gasteiger partial charge in [-0.1, -0.05) is 11.1 Å². The summed E-state index contributed by atoms with van der Waals surface area (Å²) >= 11 is 0. The van der Waals surface area contributed by atoms with Crippen molar-refractivity contribution < 1.29 is 8.95 Å². The van der Waals surface area contributed by atoms with Crippen molar-refractivity contribution in [2.24, 2.45) is 0 Å². The first-order valence-corrected chi connectivity index (χ1v) is 7.02. The maximum Gasteiger partial charge on any atom is 0.118 e. The summed E-state index contributed by atoms with van der Waals surface area (Å²) in [5, 5.41) is 0. The van der Waals surface area contributed by atoms with Crippen molar-refractivity contribution >= 4 is 10.8 Å². The lowest BCUT2D eigenvalue weighted by atomic mass is 10.1. The number of rotatable bonds is 5. The molecule has 0 saturated carbocycles. The van der Waals surface area contributed by atoms with Crippen molar-refractivity contribution in [3.05, 3.63) is 35.4 Å². The Bertz CT molecular complexity index is 414. The normalized spacial score (nSPS) is 12.0. The predicted octanol–water partition coefficient (Wildman–Crippen LogP) is 3.55. The quantitative estimate of drug-likeness (QED) is 0.749. The molecule has 0 aliphatic rings. The van der Waals surface area contributed by atoms with Crippen LogP contribution in [-0.4, -0.2) is 17.1 Å². The molecule has 0 heterocycles. The first kappa shape index (κ1) is 14.0. The van der Waals surface area contributed by atoms with Crippen molar-refractivity contribution in [1.29, 1.82) is 0 Å². The van der Waals surface area contributed by atoms with Gasteiger partial charge in [0.25, 0.3) is 0 Å². The Balaban J connectivity index is 2.61. The molecule has 1 rings (SSSR count). The zero-order chi connectivity index (χ0) is 12.8. The topological polar surface area (TPSA) is 26.3 Å². The molecule has 1 atom stereocenters. The Kier molecular flexibility index (Phi) is 5.42. The first-order valence-electron chi connectivity index (χ1n) is 5.70. The summed E-state index contributed by atoms with van der Waals surface area (Å²) in [5.74, 6) is 1.48. The number of benzene rings is 1. The van der Waals surface area contributed by atoms with Crippen LogP contribution in [0.5, 0.6) is 5.75 Å². The van der Waals surface area contributed by atoms with Crippen molar-refractivity contribution in [1.82, 2.24) is 0 Å². The molecule has 0 N–H and O–H groups in total. The van der Waals surface area contributed by atoms with E-state index in [4.69, 9.17) is 4.74 Å². The van der Waals surface area contributed by atoms with Crippen LogP contribution in [0.2, 0.25) is 0 Å². The van der Waals surface area contributed by atoms with Crippen molar-refractivity contribution in [2.45, 2.75) is 32.1 Å². The van der Waals surface area contributed by atoms with E-state index in [1.54, 1.807) is 7.11 Å². The van der Waals surface area contributed by atoms with Gasteiger partial charge in [0.05, 0.1) is 17.9 Å². The molecule has 0 amide bonds. The smallest absolute Gasteiger partial charge is 0.118 e. The maximum atomic E-state index is 12.0. The summed E-state index contributed by atoms with van der Waals surface area (Å²) in [6, 6.07) is 7.43. The van der Waals surface area contributed by atoms with E-state index in [-0.39, 0.29) is 0 Å². The lowest BCUT2D eigenvalue weighted by Gasteiger charge is -2.05. The van der Waals surface area contributed by atoms with Gasteiger partial charge in [0.15, 0.2) is 0 Å². The van der Waals surface area contributed by atoms with Crippen molar-refractivity contribution in [3.63, 3.8) is 0 Å². The van der Waals surface area contributed by atoms with Gasteiger partial charge < -0.3 is 4.74 Å². The van der Waals surface area contributed by atoms with Gasteiger partial charge in [-0.3, -0.25) is 4.21 Å². The monoisotopic (exact) mass is 252 g/mol. The van der Waals surface area contributed by atoms with Crippen molar-refractivity contribution in [2.75, 3.05) is 12.9 Å². The summed E-state index contributed by atoms with van der Waals surface area (Å²) < 4.78 is 17.1. The van der Waals surface area contributed by atoms with Gasteiger partial charge in [0, 0.05) is 10.6 Å². The molecule has 0 saturated heterocycles. The molecule has 0 aromatic heterocycles. The van der Waals surface area contributed by atoms with Crippen LogP contribution in [0.3, 0.4) is 0 Å². The van der Waals surface area contributed by atoms with Crippen LogP contribution in [0.15, 0.2) is 40.3 Å². The first-order chi connectivity index (χ1) is 8.04. The molecule has 0 radical (unpaired) electrons. The highest BCUT2D eigenvalue weighted by Gasteiger charge is 2.04. The molecule has 0 aliphatic heterocycles. The van der Waals surface area contributed by atoms with Gasteiger partial charge in [-0.15, -0.1) is 0 Å². The summed E-state index contributed by atoms with van der Waals surface area (Å²) in [6.45, 7) is 6.28. The largest absolute Gasteiger partial charge is 0.497 e. The molecule has 0 spiro atoms. The number of allylic oxidation sites excluding steroid dienone is 2. The molecule has 1 unspecified atom stereocenters. The number of ether oxygens (including phenoxy) is 1. The molecule has 3 heteroatoms. The molecular weight excluding hydrogens is 232 g/mol. The van der Waals surface area contributed by atoms with Crippen LogP contribution in [-0.2, 0) is 10.8 Å². The number of hydrogen-bond donors (Lipinski definition) is 0. The second-order valence-corrected chi connectivity index (χ2v) is 5.83. The van der Waals surface area contributed by atoms with Gasteiger partial charge in [-0.05, 0) is 51.5 Å². The number of hydrogen-bond acceptors (Lipinski definition) is 2. The Hall–Kier alpha value is -1.09. The standard InChI is InChI=1S/C14H20O2S/c1-11(2)12(3)9-10-17(15)14-7-5-13(16-4)6-8-14/h5-8H,9-10H2,1-4H3. The minimum absolute atomic E-state index is 0.684. The second kappa shape index (κ2) is 6.60. The molecule has 2 nitrogen and oxygen atoms in total. The Morgan fingerprint density at radius 1 is 1.18 bits per heavy atom. The lowest BCUT2D eigenvalue weighted by Crippen LogP contribution is -1.99. The predicted molar refractivity (Wildman–Crippen MR) is 72.9 cm³/mol. The molecule has 0 bridgehead atoms. The fourth-order valence-electron chi connectivity index (χ4n) is 1.34. The van der Waals surface area contributed by atoms with Crippen LogP contribution in [0, 0.1) is 0 Å². The van der Waals surface area contributed by atoms with E-state index in [9.17, 15) is 4.21 Å². The summed E-state index contributed by atoms with van der Waals surface area (Å²) in [6.07, 6.45) is 0.890. The van der Waals surface area contributed by atoms with E-state index in [1.807, 2.05) is 24.3 Å². The third-order valence-corrected chi connectivity index (χ3v) is 4.21. The SMILES string of the molecule is COc1ccc(S(=O)CCC(C)=C(C)C)cc1. The molecule has 94 valence electrons. The summed E-state index contributed by atoms with van der Waals surface area (Å²) in [5.41, 5.74) is 2.64. The van der Waals surface area contributed by atoms with Gasteiger partial charge in [-0.25, -0.2) is 0 Å². The van der Waals surface area contributed by atoms with Gasteiger partial charge in [0.2, 0.25) is 0 Å². The average Bonchev–Trinajstić information content (AvgIpc) is 2.35. The van der Waals surface area contributed by atoms with E-state index in [0.29, 0.717) is 5.75 Å². The van der Waals surface area contributed by atoms with Crippen LogP contribution in [0.1, 0.15) is 27.2 Å². The minimum atomic E-state index is -0.921. The highest BCUT2D eigenvalue weighted by atomic mass is 32.2. The lowest BCUT2D eigenvalue weighted by molar-refractivity contribution is 0.414. The van der Waals surface area contributed by atoms with Gasteiger partial charge in [-0.2, -0.15) is 0 Å². The van der Waals surface area contributed by atoms with Crippen LogP contribution < -0.4 is 4.74 Å². The van der Waals surface area contributed by atoms with Gasteiger partial charge in [0.1, 0.15) is 5.75 Å². The third-order valence-electron chi connectivity index (χ3n) is 2.84. The zero-order valence-electron chi connectivity index (χ0n) is 10.9. The van der Waals surface area contributed by atoms with E-state index in [1.165, 1.54) is 11.1 Å². The summed E-state index contributed by atoms with van der Waals surface area (Å²) in [7, 11) is 0.709. The van der Waals surface area contributed by atoms with E-state index in [0.717, 1.165) is 17.1 Å². The molecule has 0 aliphatic carbocycles. The minimum Gasteiger partial charge on any atom is -0.497 e. The van der Waals surface area contributed by atoms with Gasteiger partial charge >= 0.3 is 0 Å². The average molecular weight is 252 g/mol. The molecular formula is C14H20O2S. The van der Waals surface area contributed by atoms with E-state index < -0.39 is 10.8 Å². The fraction of sp³-hybridized carbons (Fsp3) is 0.429. The number of methoxy groups -OCH3 is 1. The fourth-order valence-corrected chi connectivity index (χ4v) is 2.51. The molecule has 1 aromatic rings. The van der Waals surface area contributed by atoms with Crippen LogP contribution in [0.4, 0.5) is 0 Å². The Labute approximate surface area is 106 Å². The third kappa shape index (κ3) is 4.35. The van der Waals surface area contributed by atoms with E-state index >= 15 is 0 Å². The highest BCUT2D eigenvalue weighted by molar-refractivity contribution is 7.85. The van der Waals surface area contributed by atoms with Crippen LogP contribution >= 0.6 is 0 Å².